The molecule has 1 unspecified atom stereocenters. The summed E-state index contributed by atoms with van der Waals surface area (Å²) in [4.78, 5) is 37.8. The summed E-state index contributed by atoms with van der Waals surface area (Å²) in [6.07, 6.45) is 78.3. The van der Waals surface area contributed by atoms with Gasteiger partial charge in [-0.3, -0.25) is 14.4 Å². The van der Waals surface area contributed by atoms with Crippen molar-refractivity contribution in [3.8, 4) is 0 Å². The standard InChI is InChI=1S/C66H116O6/c1-4-7-10-13-15-17-19-21-23-24-25-26-27-28-29-30-31-32-33-34-35-36-37-38-39-40-41-42-43-45-46-48-50-53-56-59-65(68)71-62-63(61-70-64(67)58-55-52-12-9-6-3)72-66(69)60-57-54-51-49-47-44-22-20-18-16-14-11-8-5-2/h7,10,15,17,20-23,25-26,28-29,63H,4-6,8-9,11-14,16,18-19,24,27,30-62H2,1-3H3/b10-7-,17-15-,22-20-,23-21-,26-25-,29-28-. The normalized spacial score (nSPS) is 12.5. The quantitative estimate of drug-likeness (QED) is 0.0261. The van der Waals surface area contributed by atoms with Crippen LogP contribution >= 0.6 is 0 Å². The molecule has 0 fully saturated rings. The summed E-state index contributed by atoms with van der Waals surface area (Å²) >= 11 is 0. The lowest BCUT2D eigenvalue weighted by Crippen LogP contribution is -2.30. The topological polar surface area (TPSA) is 78.9 Å². The van der Waals surface area contributed by atoms with Gasteiger partial charge in [-0.05, 0) is 89.9 Å². The monoisotopic (exact) mass is 1000 g/mol. The molecule has 1 atom stereocenters. The van der Waals surface area contributed by atoms with Gasteiger partial charge in [0.25, 0.3) is 0 Å². The summed E-state index contributed by atoms with van der Waals surface area (Å²) in [5.74, 6) is -0.886. The van der Waals surface area contributed by atoms with E-state index in [2.05, 4.69) is 93.7 Å². The minimum atomic E-state index is -0.772. The molecular formula is C66H116O6. The zero-order chi connectivity index (χ0) is 52.2. The maximum Gasteiger partial charge on any atom is 0.306 e. The molecule has 0 rings (SSSR count). The Balaban J connectivity index is 3.89. The largest absolute Gasteiger partial charge is 0.462 e. The number of allylic oxidation sites excluding steroid dienone is 12. The third-order valence-corrected chi connectivity index (χ3v) is 13.4. The molecule has 6 heteroatoms. The van der Waals surface area contributed by atoms with E-state index in [1.165, 1.54) is 167 Å². The van der Waals surface area contributed by atoms with Crippen molar-refractivity contribution in [2.75, 3.05) is 13.2 Å². The van der Waals surface area contributed by atoms with Crippen LogP contribution in [-0.4, -0.2) is 37.2 Å². The van der Waals surface area contributed by atoms with Crippen LogP contribution in [-0.2, 0) is 28.6 Å². The van der Waals surface area contributed by atoms with Crippen LogP contribution in [0.5, 0.6) is 0 Å². The molecule has 72 heavy (non-hydrogen) atoms. The summed E-state index contributed by atoms with van der Waals surface area (Å²) in [7, 11) is 0. The lowest BCUT2D eigenvalue weighted by molar-refractivity contribution is -0.167. The first-order valence-electron chi connectivity index (χ1n) is 30.9. The number of ether oxygens (including phenoxy) is 3. The predicted molar refractivity (Wildman–Crippen MR) is 311 cm³/mol. The van der Waals surface area contributed by atoms with E-state index in [-0.39, 0.29) is 31.1 Å². The first-order valence-corrected chi connectivity index (χ1v) is 30.9. The number of esters is 3. The lowest BCUT2D eigenvalue weighted by atomic mass is 10.0. The number of carbonyl (C=O) groups excluding carboxylic acids is 3. The average molecular weight is 1010 g/mol. The van der Waals surface area contributed by atoms with Gasteiger partial charge in [0.15, 0.2) is 6.10 Å². The van der Waals surface area contributed by atoms with E-state index in [1.807, 2.05) is 0 Å². The maximum absolute atomic E-state index is 12.7. The van der Waals surface area contributed by atoms with Gasteiger partial charge in [0.1, 0.15) is 13.2 Å². The van der Waals surface area contributed by atoms with Gasteiger partial charge in [0, 0.05) is 19.3 Å². The van der Waals surface area contributed by atoms with Crippen molar-refractivity contribution in [3.63, 3.8) is 0 Å². The first-order chi connectivity index (χ1) is 35.5. The molecule has 0 spiro atoms. The zero-order valence-corrected chi connectivity index (χ0v) is 47.7. The molecule has 0 amide bonds. The number of unbranched alkanes of at least 4 members (excludes halogenated alkanes) is 33. The van der Waals surface area contributed by atoms with Crippen LogP contribution in [0.2, 0.25) is 0 Å². The molecule has 0 bridgehead atoms. The minimum absolute atomic E-state index is 0.0745. The van der Waals surface area contributed by atoms with Crippen molar-refractivity contribution in [3.05, 3.63) is 72.9 Å². The lowest BCUT2D eigenvalue weighted by Gasteiger charge is -2.18. The Bertz CT molecular complexity index is 1340. The molecular weight excluding hydrogens is 889 g/mol. The van der Waals surface area contributed by atoms with E-state index in [4.69, 9.17) is 14.2 Å². The van der Waals surface area contributed by atoms with Gasteiger partial charge in [-0.1, -0.05) is 273 Å². The van der Waals surface area contributed by atoms with Crippen LogP contribution in [0.1, 0.15) is 310 Å². The average Bonchev–Trinajstić information content (AvgIpc) is 3.38. The third-order valence-electron chi connectivity index (χ3n) is 13.4. The Morgan fingerprint density at radius 2 is 0.542 bits per heavy atom. The van der Waals surface area contributed by atoms with Crippen LogP contribution in [0.25, 0.3) is 0 Å². The van der Waals surface area contributed by atoms with Gasteiger partial charge < -0.3 is 14.2 Å². The fraction of sp³-hybridized carbons (Fsp3) is 0.773. The van der Waals surface area contributed by atoms with Crippen LogP contribution in [0.3, 0.4) is 0 Å². The Morgan fingerprint density at radius 1 is 0.292 bits per heavy atom. The maximum atomic E-state index is 12.7. The Morgan fingerprint density at radius 3 is 0.861 bits per heavy atom. The van der Waals surface area contributed by atoms with Crippen LogP contribution in [0.15, 0.2) is 72.9 Å². The van der Waals surface area contributed by atoms with Crippen molar-refractivity contribution in [1.82, 2.24) is 0 Å². The molecule has 0 aromatic carbocycles. The second-order valence-corrected chi connectivity index (χ2v) is 20.6. The summed E-state index contributed by atoms with van der Waals surface area (Å²) < 4.78 is 16.7. The van der Waals surface area contributed by atoms with E-state index >= 15 is 0 Å². The summed E-state index contributed by atoms with van der Waals surface area (Å²) in [6, 6.07) is 0. The van der Waals surface area contributed by atoms with Crippen molar-refractivity contribution in [1.29, 1.82) is 0 Å². The van der Waals surface area contributed by atoms with Gasteiger partial charge in [-0.15, -0.1) is 0 Å². The third kappa shape index (κ3) is 57.7. The van der Waals surface area contributed by atoms with Gasteiger partial charge in [0.2, 0.25) is 0 Å². The molecule has 0 radical (unpaired) electrons. The predicted octanol–water partition coefficient (Wildman–Crippen LogP) is 20.9. The number of hydrogen-bond acceptors (Lipinski definition) is 6. The second kappa shape index (κ2) is 60.4. The number of carbonyl (C=O) groups is 3. The number of rotatable bonds is 56. The van der Waals surface area contributed by atoms with E-state index in [0.717, 1.165) is 103 Å². The van der Waals surface area contributed by atoms with Crippen LogP contribution in [0.4, 0.5) is 0 Å². The molecule has 0 aromatic heterocycles. The van der Waals surface area contributed by atoms with Crippen molar-refractivity contribution in [2.45, 2.75) is 316 Å². The molecule has 0 aliphatic heterocycles. The fourth-order valence-corrected chi connectivity index (χ4v) is 8.82. The Labute approximate surface area is 446 Å². The van der Waals surface area contributed by atoms with Gasteiger partial charge in [-0.2, -0.15) is 0 Å². The molecule has 416 valence electrons. The van der Waals surface area contributed by atoms with Gasteiger partial charge in [0.05, 0.1) is 0 Å². The van der Waals surface area contributed by atoms with Crippen molar-refractivity contribution >= 4 is 17.9 Å². The highest BCUT2D eigenvalue weighted by Gasteiger charge is 2.19. The summed E-state index contributed by atoms with van der Waals surface area (Å²) in [5.41, 5.74) is 0. The summed E-state index contributed by atoms with van der Waals surface area (Å²) in [5, 5.41) is 0. The fourth-order valence-electron chi connectivity index (χ4n) is 8.82. The van der Waals surface area contributed by atoms with E-state index in [1.54, 1.807) is 0 Å². The molecule has 0 aliphatic carbocycles. The molecule has 6 nitrogen and oxygen atoms in total. The van der Waals surface area contributed by atoms with Crippen molar-refractivity contribution in [2.24, 2.45) is 0 Å². The number of hydrogen-bond donors (Lipinski definition) is 0. The molecule has 0 heterocycles. The van der Waals surface area contributed by atoms with Crippen molar-refractivity contribution < 1.29 is 28.6 Å². The zero-order valence-electron chi connectivity index (χ0n) is 47.7. The van der Waals surface area contributed by atoms with Crippen LogP contribution in [0, 0.1) is 0 Å². The SMILES string of the molecule is CC/C=C\C/C=C\C/C=C\C/C=C\C/C=C\CCCCCCCCCCCCCCCCCCCCCC(=O)OCC(COC(=O)CCCCCCC)OC(=O)CCCCCCC/C=C\CCCCCCC. The van der Waals surface area contributed by atoms with Crippen LogP contribution < -0.4 is 0 Å². The molecule has 0 saturated carbocycles. The highest BCUT2D eigenvalue weighted by Crippen LogP contribution is 2.17. The highest BCUT2D eigenvalue weighted by molar-refractivity contribution is 5.71. The van der Waals surface area contributed by atoms with E-state index < -0.39 is 6.10 Å². The van der Waals surface area contributed by atoms with Gasteiger partial charge >= 0.3 is 17.9 Å². The molecule has 0 aromatic rings. The van der Waals surface area contributed by atoms with Gasteiger partial charge in [-0.25, -0.2) is 0 Å². The molecule has 0 N–H and O–H groups in total. The summed E-state index contributed by atoms with van der Waals surface area (Å²) in [6.45, 7) is 6.45. The molecule has 0 saturated heterocycles. The Hall–Kier alpha value is -3.15. The minimum Gasteiger partial charge on any atom is -0.462 e. The van der Waals surface area contributed by atoms with E-state index in [9.17, 15) is 14.4 Å². The smallest absolute Gasteiger partial charge is 0.306 e. The highest BCUT2D eigenvalue weighted by atomic mass is 16.6. The van der Waals surface area contributed by atoms with E-state index in [0.29, 0.717) is 19.3 Å². The molecule has 0 aliphatic rings. The first kappa shape index (κ1) is 68.8. The Kier molecular flexibility index (Phi) is 57.8. The second-order valence-electron chi connectivity index (χ2n) is 20.6.